The van der Waals surface area contributed by atoms with Crippen LogP contribution in [0.25, 0.3) is 0 Å². The Labute approximate surface area is 123 Å². The molecule has 0 aliphatic carbocycles. The number of carbonyl (C=O) groups excluding carboxylic acids is 1. The van der Waals surface area contributed by atoms with Crippen LogP contribution < -0.4 is 5.32 Å². The summed E-state index contributed by atoms with van der Waals surface area (Å²) in [5, 5.41) is 2.85. The zero-order valence-electron chi connectivity index (χ0n) is 13.1. The van der Waals surface area contributed by atoms with Gasteiger partial charge in [-0.15, -0.1) is 0 Å². The van der Waals surface area contributed by atoms with Crippen molar-refractivity contribution in [2.45, 2.75) is 46.0 Å². The smallest absolute Gasteiger partial charge is 0.219 e. The second-order valence-corrected chi connectivity index (χ2v) is 4.64. The SMILES string of the molecule is CCCCOCCOCCOCCCNC(=O)CCC. The minimum Gasteiger partial charge on any atom is -0.379 e. The first kappa shape index (κ1) is 19.4. The molecular formula is C15H31NO4. The molecule has 0 saturated carbocycles. The molecule has 1 N–H and O–H groups in total. The van der Waals surface area contributed by atoms with Crippen molar-refractivity contribution < 1.29 is 19.0 Å². The van der Waals surface area contributed by atoms with Gasteiger partial charge in [-0.25, -0.2) is 0 Å². The van der Waals surface area contributed by atoms with Crippen LogP contribution in [0.2, 0.25) is 0 Å². The molecule has 5 nitrogen and oxygen atoms in total. The third kappa shape index (κ3) is 15.4. The normalized spacial score (nSPS) is 10.7. The predicted molar refractivity (Wildman–Crippen MR) is 79.9 cm³/mol. The number of ether oxygens (including phenoxy) is 3. The predicted octanol–water partition coefficient (Wildman–Crippen LogP) is 2.14. The molecule has 0 spiro atoms. The standard InChI is InChI=1S/C15H31NO4/c1-3-5-9-18-11-13-20-14-12-19-10-6-8-16-15(17)7-4-2/h3-14H2,1-2H3,(H,16,17). The van der Waals surface area contributed by atoms with Crippen molar-refractivity contribution in [3.63, 3.8) is 0 Å². The fourth-order valence-corrected chi connectivity index (χ4v) is 1.51. The van der Waals surface area contributed by atoms with E-state index in [4.69, 9.17) is 14.2 Å². The summed E-state index contributed by atoms with van der Waals surface area (Å²) >= 11 is 0. The Morgan fingerprint density at radius 1 is 0.800 bits per heavy atom. The summed E-state index contributed by atoms with van der Waals surface area (Å²) in [6.45, 7) is 8.78. The summed E-state index contributed by atoms with van der Waals surface area (Å²) < 4.78 is 16.1. The maximum atomic E-state index is 11.2. The van der Waals surface area contributed by atoms with Crippen molar-refractivity contribution in [3.05, 3.63) is 0 Å². The van der Waals surface area contributed by atoms with Crippen molar-refractivity contribution in [2.75, 3.05) is 46.2 Å². The van der Waals surface area contributed by atoms with E-state index in [1.165, 1.54) is 0 Å². The minimum absolute atomic E-state index is 0.124. The van der Waals surface area contributed by atoms with Gasteiger partial charge in [0.05, 0.1) is 26.4 Å². The second kappa shape index (κ2) is 16.4. The summed E-state index contributed by atoms with van der Waals surface area (Å²) in [6.07, 6.45) is 4.61. The molecule has 0 saturated heterocycles. The van der Waals surface area contributed by atoms with Crippen LogP contribution >= 0.6 is 0 Å². The van der Waals surface area contributed by atoms with Gasteiger partial charge in [-0.1, -0.05) is 20.3 Å². The molecule has 5 heteroatoms. The van der Waals surface area contributed by atoms with Crippen molar-refractivity contribution in [1.29, 1.82) is 0 Å². The molecule has 0 aromatic rings. The highest BCUT2D eigenvalue weighted by molar-refractivity contribution is 5.75. The molecule has 0 aliphatic heterocycles. The monoisotopic (exact) mass is 289 g/mol. The number of nitrogens with one attached hydrogen (secondary N) is 1. The van der Waals surface area contributed by atoms with E-state index in [9.17, 15) is 4.79 Å². The second-order valence-electron chi connectivity index (χ2n) is 4.64. The largest absolute Gasteiger partial charge is 0.379 e. The van der Waals surface area contributed by atoms with Gasteiger partial charge in [0.15, 0.2) is 0 Å². The van der Waals surface area contributed by atoms with Crippen molar-refractivity contribution in [2.24, 2.45) is 0 Å². The van der Waals surface area contributed by atoms with E-state index in [-0.39, 0.29) is 5.91 Å². The molecule has 0 fully saturated rings. The van der Waals surface area contributed by atoms with Gasteiger partial charge in [0.1, 0.15) is 0 Å². The lowest BCUT2D eigenvalue weighted by Gasteiger charge is -2.07. The molecule has 20 heavy (non-hydrogen) atoms. The van der Waals surface area contributed by atoms with Gasteiger partial charge in [0.2, 0.25) is 5.91 Å². The number of carbonyl (C=O) groups is 1. The third-order valence-electron chi connectivity index (χ3n) is 2.65. The van der Waals surface area contributed by atoms with Gasteiger partial charge in [-0.2, -0.15) is 0 Å². The van der Waals surface area contributed by atoms with Crippen molar-refractivity contribution >= 4 is 5.91 Å². The Hall–Kier alpha value is -0.650. The van der Waals surface area contributed by atoms with Crippen molar-refractivity contribution in [3.8, 4) is 0 Å². The first-order chi connectivity index (χ1) is 9.81. The summed E-state index contributed by atoms with van der Waals surface area (Å²) in [5.74, 6) is 0.124. The van der Waals surface area contributed by atoms with Crippen LogP contribution in [0.1, 0.15) is 46.0 Å². The highest BCUT2D eigenvalue weighted by Crippen LogP contribution is 1.89. The van der Waals surface area contributed by atoms with E-state index in [2.05, 4.69) is 12.2 Å². The molecular weight excluding hydrogens is 258 g/mol. The quantitative estimate of drug-likeness (QED) is 0.469. The molecule has 0 atom stereocenters. The summed E-state index contributed by atoms with van der Waals surface area (Å²) in [4.78, 5) is 11.2. The Balaban J connectivity index is 3.01. The number of unbranched alkanes of at least 4 members (excludes halogenated alkanes) is 1. The zero-order valence-corrected chi connectivity index (χ0v) is 13.1. The molecule has 0 aliphatic rings. The van der Waals surface area contributed by atoms with Gasteiger partial charge in [-0.3, -0.25) is 4.79 Å². The van der Waals surface area contributed by atoms with Crippen LogP contribution in [0.5, 0.6) is 0 Å². The molecule has 0 aromatic heterocycles. The highest BCUT2D eigenvalue weighted by atomic mass is 16.5. The molecule has 120 valence electrons. The van der Waals surface area contributed by atoms with Gasteiger partial charge < -0.3 is 19.5 Å². The molecule has 0 radical (unpaired) electrons. The minimum atomic E-state index is 0.124. The lowest BCUT2D eigenvalue weighted by atomic mass is 10.3. The van der Waals surface area contributed by atoms with Gasteiger partial charge in [0.25, 0.3) is 0 Å². The lowest BCUT2D eigenvalue weighted by Crippen LogP contribution is -2.24. The summed E-state index contributed by atoms with van der Waals surface area (Å²) in [5.41, 5.74) is 0. The van der Waals surface area contributed by atoms with Crippen LogP contribution in [0.3, 0.4) is 0 Å². The van der Waals surface area contributed by atoms with E-state index < -0.39 is 0 Å². The van der Waals surface area contributed by atoms with Crippen LogP contribution in [0, 0.1) is 0 Å². The number of rotatable bonds is 15. The van der Waals surface area contributed by atoms with Crippen molar-refractivity contribution in [1.82, 2.24) is 5.32 Å². The van der Waals surface area contributed by atoms with E-state index in [1.54, 1.807) is 0 Å². The lowest BCUT2D eigenvalue weighted by molar-refractivity contribution is -0.121. The molecule has 0 unspecified atom stereocenters. The maximum Gasteiger partial charge on any atom is 0.219 e. The van der Waals surface area contributed by atoms with Gasteiger partial charge in [-0.05, 0) is 19.3 Å². The van der Waals surface area contributed by atoms with Crippen LogP contribution in [-0.2, 0) is 19.0 Å². The fraction of sp³-hybridized carbons (Fsp3) is 0.933. The van der Waals surface area contributed by atoms with Crippen LogP contribution in [-0.4, -0.2) is 52.1 Å². The van der Waals surface area contributed by atoms with Crippen LogP contribution in [0.15, 0.2) is 0 Å². The molecule has 0 bridgehead atoms. The molecule has 0 heterocycles. The van der Waals surface area contributed by atoms with Crippen LogP contribution in [0.4, 0.5) is 0 Å². The highest BCUT2D eigenvalue weighted by Gasteiger charge is 1.97. The number of hydrogen-bond acceptors (Lipinski definition) is 4. The Morgan fingerprint density at radius 2 is 1.35 bits per heavy atom. The average molecular weight is 289 g/mol. The molecule has 0 aromatic carbocycles. The summed E-state index contributed by atoms with van der Waals surface area (Å²) in [6, 6.07) is 0. The number of hydrogen-bond donors (Lipinski definition) is 1. The Kier molecular flexibility index (Phi) is 15.9. The van der Waals surface area contributed by atoms with Gasteiger partial charge in [0, 0.05) is 26.2 Å². The molecule has 1 amide bonds. The summed E-state index contributed by atoms with van der Waals surface area (Å²) in [7, 11) is 0. The van der Waals surface area contributed by atoms with Gasteiger partial charge >= 0.3 is 0 Å². The van der Waals surface area contributed by atoms with E-state index in [0.29, 0.717) is 46.0 Å². The third-order valence-corrected chi connectivity index (χ3v) is 2.65. The Morgan fingerprint density at radius 3 is 1.90 bits per heavy atom. The first-order valence-electron chi connectivity index (χ1n) is 7.81. The number of amides is 1. The Bertz CT molecular complexity index is 212. The van der Waals surface area contributed by atoms with E-state index >= 15 is 0 Å². The van der Waals surface area contributed by atoms with E-state index in [0.717, 1.165) is 32.3 Å². The zero-order chi connectivity index (χ0) is 14.9. The first-order valence-corrected chi connectivity index (χ1v) is 7.81. The average Bonchev–Trinajstić information content (AvgIpc) is 2.44. The fourth-order valence-electron chi connectivity index (χ4n) is 1.51. The van der Waals surface area contributed by atoms with E-state index in [1.807, 2.05) is 6.92 Å². The molecule has 0 rings (SSSR count). The maximum absolute atomic E-state index is 11.2. The topological polar surface area (TPSA) is 56.8 Å².